The van der Waals surface area contributed by atoms with E-state index in [0.717, 1.165) is 24.3 Å². The van der Waals surface area contributed by atoms with E-state index in [4.69, 9.17) is 9.47 Å². The number of benzene rings is 2. The van der Waals surface area contributed by atoms with Crippen LogP contribution in [0.4, 0.5) is 5.69 Å². The molecule has 0 aromatic heterocycles. The number of para-hydroxylation sites is 1. The molecule has 3 rings (SSSR count). The Hall–Kier alpha value is -2.89. The zero-order chi connectivity index (χ0) is 17.1. The maximum absolute atomic E-state index is 11.2. The summed E-state index contributed by atoms with van der Waals surface area (Å²) in [7, 11) is 3.23. The third-order valence-corrected chi connectivity index (χ3v) is 4.20. The molecule has 6 nitrogen and oxygen atoms in total. The highest BCUT2D eigenvalue weighted by Crippen LogP contribution is 2.31. The van der Waals surface area contributed by atoms with E-state index in [-0.39, 0.29) is 10.6 Å². The van der Waals surface area contributed by atoms with Gasteiger partial charge in [0.05, 0.1) is 24.7 Å². The lowest BCUT2D eigenvalue weighted by molar-refractivity contribution is -0.541. The number of fused-ring (bicyclic) bond motifs is 1. The molecule has 0 bridgehead atoms. The summed E-state index contributed by atoms with van der Waals surface area (Å²) in [5.74, 6) is 1.40. The molecule has 0 N–H and O–H groups in total. The van der Waals surface area contributed by atoms with Crippen LogP contribution in [0, 0.1) is 10.1 Å². The lowest BCUT2D eigenvalue weighted by atomic mass is 10.0. The van der Waals surface area contributed by atoms with E-state index in [1.54, 1.807) is 32.4 Å². The average Bonchev–Trinajstić information content (AvgIpc) is 2.60. The third kappa shape index (κ3) is 3.08. The van der Waals surface area contributed by atoms with Gasteiger partial charge in [-0.2, -0.15) is 0 Å². The van der Waals surface area contributed by atoms with Crippen molar-refractivity contribution in [1.29, 1.82) is 0 Å². The zero-order valence-corrected chi connectivity index (χ0v) is 13.7. The Morgan fingerprint density at radius 1 is 1.17 bits per heavy atom. The Labute approximate surface area is 140 Å². The van der Waals surface area contributed by atoms with Gasteiger partial charge in [-0.25, -0.2) is 4.58 Å². The molecule has 0 spiro atoms. The first-order chi connectivity index (χ1) is 11.6. The van der Waals surface area contributed by atoms with E-state index in [1.165, 1.54) is 5.56 Å². The van der Waals surface area contributed by atoms with Crippen molar-refractivity contribution in [2.45, 2.75) is 13.0 Å². The second kappa shape index (κ2) is 6.70. The van der Waals surface area contributed by atoms with Crippen molar-refractivity contribution in [3.05, 3.63) is 63.2 Å². The molecule has 1 aliphatic rings. The fourth-order valence-electron chi connectivity index (χ4n) is 2.96. The molecule has 0 saturated carbocycles. The second-order valence-electron chi connectivity index (χ2n) is 5.64. The smallest absolute Gasteiger partial charge is 0.278 e. The Kier molecular flexibility index (Phi) is 4.46. The maximum Gasteiger partial charge on any atom is 0.278 e. The van der Waals surface area contributed by atoms with Crippen LogP contribution in [-0.2, 0) is 13.0 Å². The summed E-state index contributed by atoms with van der Waals surface area (Å²) in [6.45, 7) is 1.31. The lowest BCUT2D eigenvalue weighted by Crippen LogP contribution is -2.23. The van der Waals surface area contributed by atoms with Crippen LogP contribution < -0.4 is 9.47 Å². The van der Waals surface area contributed by atoms with Crippen LogP contribution in [0.2, 0.25) is 0 Å². The molecule has 0 amide bonds. The van der Waals surface area contributed by atoms with E-state index < -0.39 is 0 Å². The Bertz CT molecular complexity index is 815. The molecule has 0 aliphatic carbocycles. The molecule has 1 heterocycles. The minimum Gasteiger partial charge on any atom is -0.493 e. The van der Waals surface area contributed by atoms with Gasteiger partial charge in [-0.3, -0.25) is 10.1 Å². The van der Waals surface area contributed by atoms with Crippen LogP contribution >= 0.6 is 0 Å². The summed E-state index contributed by atoms with van der Waals surface area (Å²) in [5, 5.41) is 11.2. The average molecular weight is 327 g/mol. The molecule has 0 radical (unpaired) electrons. The van der Waals surface area contributed by atoms with Crippen LogP contribution in [0.15, 0.2) is 36.4 Å². The van der Waals surface area contributed by atoms with Gasteiger partial charge < -0.3 is 9.47 Å². The molecule has 0 fully saturated rings. The van der Waals surface area contributed by atoms with Crippen LogP contribution in [0.3, 0.4) is 0 Å². The highest BCUT2D eigenvalue weighted by atomic mass is 16.6. The molecule has 2 aromatic rings. The van der Waals surface area contributed by atoms with Crippen LogP contribution in [0.1, 0.15) is 16.7 Å². The second-order valence-corrected chi connectivity index (χ2v) is 5.64. The first kappa shape index (κ1) is 16.0. The first-order valence-corrected chi connectivity index (χ1v) is 7.68. The van der Waals surface area contributed by atoms with Gasteiger partial charge in [0.2, 0.25) is 0 Å². The van der Waals surface area contributed by atoms with Gasteiger partial charge in [-0.15, -0.1) is 0 Å². The molecule has 24 heavy (non-hydrogen) atoms. The number of ether oxygens (including phenoxy) is 2. The fourth-order valence-corrected chi connectivity index (χ4v) is 2.96. The zero-order valence-electron chi connectivity index (χ0n) is 13.7. The summed E-state index contributed by atoms with van der Waals surface area (Å²) in [6, 6.07) is 10.8. The highest BCUT2D eigenvalue weighted by molar-refractivity contribution is 5.80. The standard InChI is InChI=1S/C18H19N2O4/c1-23-17-9-13-7-8-19(12-15(13)10-18(17)24-2)11-14-5-3-4-6-16(14)20(21)22/h3-6,9-10,12H,7-8,11H2,1-2H3/q+1. The summed E-state index contributed by atoms with van der Waals surface area (Å²) in [6.07, 6.45) is 2.88. The van der Waals surface area contributed by atoms with Crippen LogP contribution in [0.5, 0.6) is 11.5 Å². The summed E-state index contributed by atoms with van der Waals surface area (Å²) >= 11 is 0. The fraction of sp³-hybridized carbons (Fsp3) is 0.278. The molecule has 1 aliphatic heterocycles. The number of nitrogens with zero attached hydrogens (tertiary/aromatic N) is 2. The van der Waals surface area contributed by atoms with E-state index in [1.807, 2.05) is 24.4 Å². The van der Waals surface area contributed by atoms with Crippen LogP contribution in [-0.4, -0.2) is 36.5 Å². The van der Waals surface area contributed by atoms with Crippen molar-refractivity contribution >= 4 is 11.9 Å². The van der Waals surface area contributed by atoms with Gasteiger partial charge in [0.1, 0.15) is 6.54 Å². The van der Waals surface area contributed by atoms with Crippen molar-refractivity contribution < 1.29 is 19.0 Å². The van der Waals surface area contributed by atoms with Gasteiger partial charge in [0.15, 0.2) is 24.3 Å². The Balaban J connectivity index is 1.93. The molecular formula is C18H19N2O4+. The Morgan fingerprint density at radius 3 is 2.58 bits per heavy atom. The summed E-state index contributed by atoms with van der Waals surface area (Å²) in [5.41, 5.74) is 3.11. The largest absolute Gasteiger partial charge is 0.493 e. The minimum absolute atomic E-state index is 0.156. The molecule has 0 atom stereocenters. The minimum atomic E-state index is -0.332. The number of rotatable bonds is 5. The number of hydrogen-bond donors (Lipinski definition) is 0. The normalized spacial score (nSPS) is 13.0. The number of nitro groups is 1. The molecule has 0 unspecified atom stereocenters. The number of hydrogen-bond acceptors (Lipinski definition) is 4. The van der Waals surface area contributed by atoms with Gasteiger partial charge in [-0.1, -0.05) is 12.1 Å². The number of methoxy groups -OCH3 is 2. The third-order valence-electron chi connectivity index (χ3n) is 4.20. The lowest BCUT2D eigenvalue weighted by Gasteiger charge is -2.16. The van der Waals surface area contributed by atoms with Gasteiger partial charge in [0, 0.05) is 18.1 Å². The quantitative estimate of drug-likeness (QED) is 0.481. The topological polar surface area (TPSA) is 64.6 Å². The number of nitro benzene ring substituents is 1. The van der Waals surface area contributed by atoms with Crippen molar-refractivity contribution in [1.82, 2.24) is 0 Å². The van der Waals surface area contributed by atoms with Crippen molar-refractivity contribution in [3.63, 3.8) is 0 Å². The summed E-state index contributed by atoms with van der Waals surface area (Å²) in [4.78, 5) is 10.8. The monoisotopic (exact) mass is 327 g/mol. The summed E-state index contributed by atoms with van der Waals surface area (Å²) < 4.78 is 12.8. The van der Waals surface area contributed by atoms with Crippen molar-refractivity contribution in [3.8, 4) is 11.5 Å². The van der Waals surface area contributed by atoms with E-state index >= 15 is 0 Å². The molecule has 0 saturated heterocycles. The van der Waals surface area contributed by atoms with E-state index in [0.29, 0.717) is 17.9 Å². The van der Waals surface area contributed by atoms with Crippen molar-refractivity contribution in [2.75, 3.05) is 20.8 Å². The van der Waals surface area contributed by atoms with Gasteiger partial charge >= 0.3 is 0 Å². The van der Waals surface area contributed by atoms with Gasteiger partial charge in [0.25, 0.3) is 5.69 Å². The molecule has 6 heteroatoms. The van der Waals surface area contributed by atoms with E-state index in [2.05, 4.69) is 4.58 Å². The van der Waals surface area contributed by atoms with E-state index in [9.17, 15) is 10.1 Å². The van der Waals surface area contributed by atoms with Gasteiger partial charge in [-0.05, 0) is 23.8 Å². The van der Waals surface area contributed by atoms with Crippen LogP contribution in [0.25, 0.3) is 0 Å². The first-order valence-electron chi connectivity index (χ1n) is 7.68. The molecule has 124 valence electrons. The SMILES string of the molecule is COc1cc2c(cc1OC)CC[N+](Cc1ccccc1[N+](=O)[O-])=C2. The molecular weight excluding hydrogens is 308 g/mol. The molecule has 2 aromatic carbocycles. The van der Waals surface area contributed by atoms with Crippen molar-refractivity contribution in [2.24, 2.45) is 0 Å². The predicted molar refractivity (Wildman–Crippen MR) is 90.3 cm³/mol. The highest BCUT2D eigenvalue weighted by Gasteiger charge is 2.22. The maximum atomic E-state index is 11.2. The Morgan fingerprint density at radius 2 is 1.88 bits per heavy atom. The predicted octanol–water partition coefficient (Wildman–Crippen LogP) is 2.80.